The number of nitrogens with two attached hydrogens (primary N) is 1. The van der Waals surface area contributed by atoms with Crippen LogP contribution in [0.2, 0.25) is 5.02 Å². The van der Waals surface area contributed by atoms with E-state index in [1.54, 1.807) is 12.1 Å². The number of rotatable bonds is 6. The fourth-order valence-corrected chi connectivity index (χ4v) is 3.19. The lowest BCUT2D eigenvalue weighted by atomic mass is 10.1. The summed E-state index contributed by atoms with van der Waals surface area (Å²) in [5, 5.41) is 25.1. The van der Waals surface area contributed by atoms with Gasteiger partial charge in [-0.1, -0.05) is 35.9 Å². The Morgan fingerprint density at radius 2 is 1.62 bits per heavy atom. The van der Waals surface area contributed by atoms with Crippen molar-refractivity contribution >= 4 is 40.8 Å². The highest BCUT2D eigenvalue weighted by atomic mass is 35.5. The normalized spacial score (nSPS) is 10.7. The third-order valence-electron chi connectivity index (χ3n) is 3.04. The molecular formula is C16H13ClF3NO7S. The van der Waals surface area contributed by atoms with Crippen molar-refractivity contribution < 1.29 is 47.6 Å². The standard InChI is InChI=1S/C14H12ClNO5S.C2HF3O2/c15-10-11(21-6-9(17)18)13(14(19)20)22-12(10)8-3-1-7(5-16)2-4-8;3-2(4,5)1(6)7/h1-4H,5-6,16H2,(H,17,18)(H,19,20);(H,6,7). The lowest BCUT2D eigenvalue weighted by molar-refractivity contribution is -0.192. The number of aliphatic carboxylic acids is 2. The average Bonchev–Trinajstić information content (AvgIpc) is 2.96. The molecule has 2 rings (SSSR count). The first-order valence-electron chi connectivity index (χ1n) is 7.38. The van der Waals surface area contributed by atoms with Gasteiger partial charge in [-0.3, -0.25) is 0 Å². The molecule has 0 aliphatic rings. The number of hydrogen-bond donors (Lipinski definition) is 4. The second-order valence-corrected chi connectivity index (χ2v) is 6.49. The van der Waals surface area contributed by atoms with E-state index in [4.69, 9.17) is 37.1 Å². The molecule has 1 aromatic heterocycles. The Labute approximate surface area is 169 Å². The number of halogens is 4. The lowest BCUT2D eigenvalue weighted by Crippen LogP contribution is -2.21. The Morgan fingerprint density at radius 1 is 1.10 bits per heavy atom. The molecule has 0 fully saturated rings. The monoisotopic (exact) mass is 455 g/mol. The van der Waals surface area contributed by atoms with E-state index >= 15 is 0 Å². The van der Waals surface area contributed by atoms with Crippen LogP contribution in [0.5, 0.6) is 5.75 Å². The summed E-state index contributed by atoms with van der Waals surface area (Å²) >= 11 is 7.10. The minimum atomic E-state index is -5.08. The molecule has 1 heterocycles. The van der Waals surface area contributed by atoms with Gasteiger partial charge < -0.3 is 25.8 Å². The quantitative estimate of drug-likeness (QED) is 0.518. The largest absolute Gasteiger partial charge is 0.490 e. The number of aromatic carboxylic acids is 1. The van der Waals surface area contributed by atoms with E-state index in [-0.39, 0.29) is 15.6 Å². The molecule has 2 aromatic rings. The third-order valence-corrected chi connectivity index (χ3v) is 4.72. The number of thiophene rings is 1. The van der Waals surface area contributed by atoms with Gasteiger partial charge in [0, 0.05) is 6.54 Å². The molecule has 0 aliphatic heterocycles. The first kappa shape index (κ1) is 24.2. The zero-order valence-electron chi connectivity index (χ0n) is 14.2. The third kappa shape index (κ3) is 6.93. The fourth-order valence-electron chi connectivity index (χ4n) is 1.78. The van der Waals surface area contributed by atoms with Crippen LogP contribution in [0, 0.1) is 0 Å². The van der Waals surface area contributed by atoms with Crippen LogP contribution in [0.3, 0.4) is 0 Å². The van der Waals surface area contributed by atoms with E-state index < -0.39 is 30.7 Å². The van der Waals surface area contributed by atoms with Crippen molar-refractivity contribution in [1.82, 2.24) is 0 Å². The highest BCUT2D eigenvalue weighted by Crippen LogP contribution is 2.45. The number of carboxylic acids is 3. The maximum absolute atomic E-state index is 11.3. The maximum atomic E-state index is 11.3. The highest BCUT2D eigenvalue weighted by Gasteiger charge is 2.38. The summed E-state index contributed by atoms with van der Waals surface area (Å²) in [6.07, 6.45) is -5.08. The summed E-state index contributed by atoms with van der Waals surface area (Å²) < 4.78 is 36.8. The molecule has 0 aliphatic carbocycles. The van der Waals surface area contributed by atoms with Gasteiger partial charge in [-0.2, -0.15) is 13.2 Å². The van der Waals surface area contributed by atoms with E-state index in [1.165, 1.54) is 0 Å². The Balaban J connectivity index is 0.000000516. The summed E-state index contributed by atoms with van der Waals surface area (Å²) in [6, 6.07) is 7.16. The van der Waals surface area contributed by atoms with Crippen molar-refractivity contribution in [3.63, 3.8) is 0 Å². The first-order valence-corrected chi connectivity index (χ1v) is 8.57. The smallest absolute Gasteiger partial charge is 0.479 e. The SMILES string of the molecule is NCc1ccc(-c2sc(C(=O)O)c(OCC(=O)O)c2Cl)cc1.O=C(O)C(F)(F)F. The molecule has 8 nitrogen and oxygen atoms in total. The van der Waals surface area contributed by atoms with Crippen LogP contribution in [0.1, 0.15) is 15.2 Å². The van der Waals surface area contributed by atoms with Crippen molar-refractivity contribution in [3.8, 4) is 16.2 Å². The van der Waals surface area contributed by atoms with E-state index in [1.807, 2.05) is 12.1 Å². The number of ether oxygens (including phenoxy) is 1. The molecule has 0 atom stereocenters. The van der Waals surface area contributed by atoms with Gasteiger partial charge in [-0.05, 0) is 11.1 Å². The highest BCUT2D eigenvalue weighted by molar-refractivity contribution is 7.18. The molecule has 29 heavy (non-hydrogen) atoms. The molecule has 1 aromatic carbocycles. The van der Waals surface area contributed by atoms with Gasteiger partial charge in [-0.25, -0.2) is 14.4 Å². The van der Waals surface area contributed by atoms with Crippen LogP contribution in [0.4, 0.5) is 13.2 Å². The predicted octanol–water partition coefficient (Wildman–Crippen LogP) is 3.32. The molecule has 0 unspecified atom stereocenters. The van der Waals surface area contributed by atoms with Gasteiger partial charge in [0.25, 0.3) is 0 Å². The van der Waals surface area contributed by atoms with Crippen LogP contribution >= 0.6 is 22.9 Å². The summed E-state index contributed by atoms with van der Waals surface area (Å²) in [6.45, 7) is -0.270. The van der Waals surface area contributed by atoms with Gasteiger partial charge in [0.2, 0.25) is 0 Å². The number of hydrogen-bond acceptors (Lipinski definition) is 6. The van der Waals surface area contributed by atoms with Gasteiger partial charge in [-0.15, -0.1) is 11.3 Å². The molecule has 0 amide bonds. The van der Waals surface area contributed by atoms with E-state index in [0.717, 1.165) is 16.9 Å². The zero-order valence-corrected chi connectivity index (χ0v) is 15.8. The summed E-state index contributed by atoms with van der Waals surface area (Å²) in [4.78, 5) is 31.1. The van der Waals surface area contributed by atoms with Crippen LogP contribution in [0.15, 0.2) is 24.3 Å². The Morgan fingerprint density at radius 3 is 2.00 bits per heavy atom. The molecule has 0 radical (unpaired) electrons. The molecule has 5 N–H and O–H groups in total. The molecular weight excluding hydrogens is 443 g/mol. The van der Waals surface area contributed by atoms with Gasteiger partial charge in [0.15, 0.2) is 17.2 Å². The number of alkyl halides is 3. The predicted molar refractivity (Wildman–Crippen MR) is 96.4 cm³/mol. The minimum Gasteiger partial charge on any atom is -0.479 e. The fraction of sp³-hybridized carbons (Fsp3) is 0.188. The Hall–Kier alpha value is -2.83. The second kappa shape index (κ2) is 10.1. The van der Waals surface area contributed by atoms with Crippen molar-refractivity contribution in [2.24, 2.45) is 5.73 Å². The molecule has 13 heteroatoms. The number of benzene rings is 1. The number of carbonyl (C=O) groups is 3. The van der Waals surface area contributed by atoms with E-state index in [2.05, 4.69) is 0 Å². The molecule has 0 bridgehead atoms. The van der Waals surface area contributed by atoms with Crippen LogP contribution < -0.4 is 10.5 Å². The summed E-state index contributed by atoms with van der Waals surface area (Å²) in [7, 11) is 0. The van der Waals surface area contributed by atoms with Crippen molar-refractivity contribution in [2.75, 3.05) is 6.61 Å². The zero-order chi connectivity index (χ0) is 22.4. The van der Waals surface area contributed by atoms with Gasteiger partial charge in [0.1, 0.15) is 5.02 Å². The second-order valence-electron chi connectivity index (χ2n) is 5.09. The van der Waals surface area contributed by atoms with Crippen LogP contribution in [0.25, 0.3) is 10.4 Å². The molecule has 0 spiro atoms. The van der Waals surface area contributed by atoms with Crippen LogP contribution in [-0.2, 0) is 16.1 Å². The topological polar surface area (TPSA) is 147 Å². The first-order chi connectivity index (χ1) is 13.4. The van der Waals surface area contributed by atoms with Gasteiger partial charge >= 0.3 is 24.1 Å². The molecule has 0 saturated heterocycles. The minimum absolute atomic E-state index is 0.0872. The van der Waals surface area contributed by atoms with Crippen molar-refractivity contribution in [2.45, 2.75) is 12.7 Å². The Kier molecular flexibility index (Phi) is 8.42. The van der Waals surface area contributed by atoms with Gasteiger partial charge in [0.05, 0.1) is 4.88 Å². The van der Waals surface area contributed by atoms with E-state index in [0.29, 0.717) is 17.0 Å². The van der Waals surface area contributed by atoms with Crippen molar-refractivity contribution in [1.29, 1.82) is 0 Å². The molecule has 0 saturated carbocycles. The average molecular weight is 456 g/mol. The van der Waals surface area contributed by atoms with Crippen molar-refractivity contribution in [3.05, 3.63) is 39.7 Å². The van der Waals surface area contributed by atoms with Crippen LogP contribution in [-0.4, -0.2) is 46.0 Å². The maximum Gasteiger partial charge on any atom is 0.490 e. The summed E-state index contributed by atoms with van der Waals surface area (Å²) in [5.41, 5.74) is 7.16. The lowest BCUT2D eigenvalue weighted by Gasteiger charge is -2.04. The Bertz CT molecular complexity index is 897. The molecule has 158 valence electrons. The number of carboxylic acid groups (broad SMARTS) is 3. The van der Waals surface area contributed by atoms with E-state index in [9.17, 15) is 27.9 Å². The summed E-state index contributed by atoms with van der Waals surface area (Å²) in [5.74, 6) is -5.32.